The van der Waals surface area contributed by atoms with E-state index < -0.39 is 60.9 Å². The van der Waals surface area contributed by atoms with Gasteiger partial charge in [0.05, 0.1) is 30.5 Å². The molecular weight excluding hydrogens is 457 g/mol. The van der Waals surface area contributed by atoms with Gasteiger partial charge in [-0.15, -0.1) is 0 Å². The summed E-state index contributed by atoms with van der Waals surface area (Å²) in [4.78, 5) is 0. The normalized spacial score (nSPS) is 29.9. The lowest BCUT2D eigenvalue weighted by Gasteiger charge is -2.27. The maximum absolute atomic E-state index is 13.0. The van der Waals surface area contributed by atoms with Crippen LogP contribution in [0.25, 0.3) is 0 Å². The van der Waals surface area contributed by atoms with E-state index in [2.05, 4.69) is 0 Å². The molecule has 34 heavy (non-hydrogen) atoms. The molecule has 1 aliphatic heterocycles. The highest BCUT2D eigenvalue weighted by atomic mass is 19.4. The van der Waals surface area contributed by atoms with E-state index in [0.29, 0.717) is 13.0 Å². The molecule has 10 heteroatoms. The standard InChI is InChI=1S/C24H33F3O7/c25-24(26,27)15-4-3-5-17(10-15)33-14-18(34-23-6-1-2-9-32-23)7-8-19-20(11-16(29)13-28)22(31)12-21(19)30/h3-5,7-8,10,16,18-23,28-31H,1-2,6,9,11-14H2/b8-7+/t16?,18-,19-,20-,21-,22+,23?/m1/s1. The number of ether oxygens (including phenoxy) is 3. The molecule has 4 N–H and O–H groups in total. The number of hydrogen-bond donors (Lipinski definition) is 4. The summed E-state index contributed by atoms with van der Waals surface area (Å²) < 4.78 is 56.2. The van der Waals surface area contributed by atoms with Gasteiger partial charge in [-0.05, 0) is 49.8 Å². The molecule has 2 fully saturated rings. The quantitative estimate of drug-likeness (QED) is 0.374. The molecule has 0 aromatic heterocycles. The lowest BCUT2D eigenvalue weighted by molar-refractivity contribution is -0.182. The van der Waals surface area contributed by atoms with E-state index in [0.717, 1.165) is 25.0 Å². The fourth-order valence-corrected chi connectivity index (χ4v) is 4.44. The van der Waals surface area contributed by atoms with E-state index in [1.807, 2.05) is 0 Å². The Balaban J connectivity index is 1.71. The van der Waals surface area contributed by atoms with Crippen molar-refractivity contribution in [2.24, 2.45) is 11.8 Å². The Bertz CT molecular complexity index is 782. The monoisotopic (exact) mass is 490 g/mol. The summed E-state index contributed by atoms with van der Waals surface area (Å²) >= 11 is 0. The van der Waals surface area contributed by atoms with Crippen LogP contribution in [-0.4, -0.2) is 71.0 Å². The van der Waals surface area contributed by atoms with Crippen LogP contribution in [0.2, 0.25) is 0 Å². The minimum absolute atomic E-state index is 0.0432. The molecule has 3 rings (SSSR count). The smallest absolute Gasteiger partial charge is 0.416 e. The predicted molar refractivity (Wildman–Crippen MR) is 116 cm³/mol. The Morgan fingerprint density at radius 2 is 1.97 bits per heavy atom. The summed E-state index contributed by atoms with van der Waals surface area (Å²) in [6.45, 7) is 0.00252. The highest BCUT2D eigenvalue weighted by Gasteiger charge is 2.41. The Labute approximate surface area is 196 Å². The average Bonchev–Trinajstić information content (AvgIpc) is 3.07. The summed E-state index contributed by atoms with van der Waals surface area (Å²) in [5, 5.41) is 39.7. The Kier molecular flexibility index (Phi) is 9.75. The Hall–Kier alpha value is -1.69. The lowest BCUT2D eigenvalue weighted by Crippen LogP contribution is -2.31. The summed E-state index contributed by atoms with van der Waals surface area (Å²) in [7, 11) is 0. The van der Waals surface area contributed by atoms with Crippen LogP contribution in [0.1, 0.15) is 37.7 Å². The van der Waals surface area contributed by atoms with Crippen LogP contribution in [0, 0.1) is 11.8 Å². The Morgan fingerprint density at radius 1 is 1.18 bits per heavy atom. The molecule has 0 radical (unpaired) electrons. The zero-order valence-corrected chi connectivity index (χ0v) is 18.8. The average molecular weight is 491 g/mol. The molecule has 0 spiro atoms. The van der Waals surface area contributed by atoms with Crippen molar-refractivity contribution in [3.8, 4) is 5.75 Å². The number of hydrogen-bond acceptors (Lipinski definition) is 7. The highest BCUT2D eigenvalue weighted by molar-refractivity contribution is 5.30. The third kappa shape index (κ3) is 7.66. The van der Waals surface area contributed by atoms with Crippen molar-refractivity contribution in [2.45, 2.75) is 69.0 Å². The van der Waals surface area contributed by atoms with Crippen LogP contribution in [0.15, 0.2) is 36.4 Å². The number of alkyl halides is 3. The van der Waals surface area contributed by atoms with Gasteiger partial charge in [0.1, 0.15) is 18.5 Å². The van der Waals surface area contributed by atoms with Crippen molar-refractivity contribution in [1.82, 2.24) is 0 Å². The van der Waals surface area contributed by atoms with E-state index in [-0.39, 0.29) is 25.2 Å². The number of halogens is 3. The van der Waals surface area contributed by atoms with Crippen molar-refractivity contribution in [2.75, 3.05) is 19.8 Å². The van der Waals surface area contributed by atoms with Gasteiger partial charge in [0.25, 0.3) is 0 Å². The Morgan fingerprint density at radius 3 is 2.65 bits per heavy atom. The minimum Gasteiger partial charge on any atom is -0.491 e. The second-order valence-corrected chi connectivity index (χ2v) is 8.88. The largest absolute Gasteiger partial charge is 0.491 e. The highest BCUT2D eigenvalue weighted by Crippen LogP contribution is 2.37. The van der Waals surface area contributed by atoms with Gasteiger partial charge in [-0.25, -0.2) is 0 Å². The van der Waals surface area contributed by atoms with Gasteiger partial charge in [0, 0.05) is 18.9 Å². The van der Waals surface area contributed by atoms with Crippen LogP contribution in [0.5, 0.6) is 5.75 Å². The van der Waals surface area contributed by atoms with Crippen molar-refractivity contribution < 1.29 is 47.8 Å². The maximum Gasteiger partial charge on any atom is 0.416 e. The minimum atomic E-state index is -4.49. The molecule has 1 aromatic carbocycles. The van der Waals surface area contributed by atoms with Gasteiger partial charge in [0.2, 0.25) is 0 Å². The number of aliphatic hydroxyl groups is 4. The fourth-order valence-electron chi connectivity index (χ4n) is 4.44. The first-order valence-electron chi connectivity index (χ1n) is 11.6. The molecule has 7 atom stereocenters. The molecule has 1 saturated heterocycles. The first kappa shape index (κ1) is 26.9. The molecule has 0 amide bonds. The van der Waals surface area contributed by atoms with Crippen LogP contribution < -0.4 is 4.74 Å². The fraction of sp³-hybridized carbons (Fsp3) is 0.667. The van der Waals surface area contributed by atoms with Crippen LogP contribution in [-0.2, 0) is 15.7 Å². The molecule has 1 aromatic rings. The maximum atomic E-state index is 13.0. The molecule has 2 aliphatic rings. The molecule has 1 aliphatic carbocycles. The zero-order chi connectivity index (χ0) is 24.7. The summed E-state index contributed by atoms with van der Waals surface area (Å²) in [5.74, 6) is -0.922. The van der Waals surface area contributed by atoms with Crippen molar-refractivity contribution in [1.29, 1.82) is 0 Å². The first-order chi connectivity index (χ1) is 16.2. The molecular formula is C24H33F3O7. The molecule has 7 nitrogen and oxygen atoms in total. The van der Waals surface area contributed by atoms with Gasteiger partial charge in [-0.2, -0.15) is 13.2 Å². The van der Waals surface area contributed by atoms with Gasteiger partial charge >= 0.3 is 6.18 Å². The van der Waals surface area contributed by atoms with Crippen molar-refractivity contribution in [3.63, 3.8) is 0 Å². The molecule has 1 heterocycles. The zero-order valence-electron chi connectivity index (χ0n) is 18.8. The molecule has 0 bridgehead atoms. The summed E-state index contributed by atoms with van der Waals surface area (Å²) in [5.41, 5.74) is -0.818. The topological polar surface area (TPSA) is 109 Å². The van der Waals surface area contributed by atoms with E-state index in [1.54, 1.807) is 12.2 Å². The molecule has 2 unspecified atom stereocenters. The lowest BCUT2D eigenvalue weighted by atomic mass is 9.88. The first-order valence-corrected chi connectivity index (χ1v) is 11.6. The van der Waals surface area contributed by atoms with Crippen LogP contribution in [0.3, 0.4) is 0 Å². The van der Waals surface area contributed by atoms with Crippen molar-refractivity contribution >= 4 is 0 Å². The van der Waals surface area contributed by atoms with Crippen LogP contribution >= 0.6 is 0 Å². The van der Waals surface area contributed by atoms with Gasteiger partial charge in [-0.3, -0.25) is 0 Å². The third-order valence-electron chi connectivity index (χ3n) is 6.26. The van der Waals surface area contributed by atoms with Gasteiger partial charge in [0.15, 0.2) is 6.29 Å². The van der Waals surface area contributed by atoms with Crippen molar-refractivity contribution in [3.05, 3.63) is 42.0 Å². The van der Waals surface area contributed by atoms with Crippen LogP contribution in [0.4, 0.5) is 13.2 Å². The van der Waals surface area contributed by atoms with E-state index in [1.165, 1.54) is 12.1 Å². The number of benzene rings is 1. The van der Waals surface area contributed by atoms with Gasteiger partial charge < -0.3 is 34.6 Å². The second-order valence-electron chi connectivity index (χ2n) is 8.88. The SMILES string of the molecule is OCC(O)C[C@@H]1[C@@H](/C=C/[C@H](COc2cccc(C(F)(F)F)c2)OC2CCCCO2)[C@H](O)C[C@@H]1O. The predicted octanol–water partition coefficient (Wildman–Crippen LogP) is 2.65. The van der Waals surface area contributed by atoms with E-state index in [4.69, 9.17) is 19.3 Å². The molecule has 1 saturated carbocycles. The summed E-state index contributed by atoms with van der Waals surface area (Å²) in [6, 6.07) is 4.57. The molecule has 192 valence electrons. The van der Waals surface area contributed by atoms with E-state index in [9.17, 15) is 28.5 Å². The second kappa shape index (κ2) is 12.3. The van der Waals surface area contributed by atoms with E-state index >= 15 is 0 Å². The van der Waals surface area contributed by atoms with Gasteiger partial charge in [-0.1, -0.05) is 18.2 Å². The number of aliphatic hydroxyl groups excluding tert-OH is 4. The number of rotatable bonds is 10. The summed E-state index contributed by atoms with van der Waals surface area (Å²) in [6.07, 6.45) is -2.29. The third-order valence-corrected chi connectivity index (χ3v) is 6.26.